The number of benzene rings is 2. The van der Waals surface area contributed by atoms with E-state index in [1.54, 1.807) is 12.1 Å². The molecule has 1 fully saturated rings. The van der Waals surface area contributed by atoms with E-state index in [1.165, 1.54) is 0 Å². The predicted molar refractivity (Wildman–Crippen MR) is 76.8 cm³/mol. The molecule has 3 rings (SSSR count). The second kappa shape index (κ2) is 5.72. The fourth-order valence-corrected chi connectivity index (χ4v) is 2.79. The Labute approximate surface area is 126 Å². The second-order valence-corrected chi connectivity index (χ2v) is 5.46. The van der Waals surface area contributed by atoms with Crippen LogP contribution in [0.5, 0.6) is 0 Å². The van der Waals surface area contributed by atoms with Gasteiger partial charge in [-0.1, -0.05) is 24.3 Å². The van der Waals surface area contributed by atoms with E-state index < -0.39 is 17.6 Å². The topological polar surface area (TPSA) is 12.0 Å². The van der Waals surface area contributed by atoms with Crippen LogP contribution in [0.4, 0.5) is 17.6 Å². The van der Waals surface area contributed by atoms with E-state index in [0.29, 0.717) is 5.56 Å². The van der Waals surface area contributed by atoms with Gasteiger partial charge in [0.25, 0.3) is 0 Å². The minimum absolute atomic E-state index is 0.0271. The van der Waals surface area contributed by atoms with Gasteiger partial charge in [-0.2, -0.15) is 13.2 Å². The number of hydrogen-bond donors (Lipinski definition) is 1. The van der Waals surface area contributed by atoms with Gasteiger partial charge in [0, 0.05) is 11.6 Å². The molecule has 0 saturated carbocycles. The normalized spacial score (nSPS) is 18.6. The summed E-state index contributed by atoms with van der Waals surface area (Å²) in [4.78, 5) is 0. The number of halogens is 4. The Morgan fingerprint density at radius 2 is 1.73 bits per heavy atom. The molecular formula is C17H15F4N. The molecule has 5 heteroatoms. The van der Waals surface area contributed by atoms with Gasteiger partial charge in [0.2, 0.25) is 0 Å². The molecule has 0 aliphatic carbocycles. The van der Waals surface area contributed by atoms with E-state index in [0.717, 1.165) is 43.1 Å². The summed E-state index contributed by atoms with van der Waals surface area (Å²) in [5.74, 6) is -0.653. The summed E-state index contributed by atoms with van der Waals surface area (Å²) in [5.41, 5.74) is 0.658. The molecular weight excluding hydrogens is 294 g/mol. The first kappa shape index (κ1) is 15.0. The van der Waals surface area contributed by atoms with Crippen molar-refractivity contribution in [1.29, 1.82) is 0 Å². The van der Waals surface area contributed by atoms with Gasteiger partial charge < -0.3 is 5.32 Å². The fraction of sp³-hybridized carbons (Fsp3) is 0.294. The molecule has 0 amide bonds. The van der Waals surface area contributed by atoms with Gasteiger partial charge >= 0.3 is 6.18 Å². The van der Waals surface area contributed by atoms with E-state index >= 15 is 0 Å². The van der Waals surface area contributed by atoms with Gasteiger partial charge in [-0.05, 0) is 48.7 Å². The highest BCUT2D eigenvalue weighted by atomic mass is 19.4. The minimum Gasteiger partial charge on any atom is -0.310 e. The Morgan fingerprint density at radius 1 is 1.00 bits per heavy atom. The molecule has 1 N–H and O–H groups in total. The highest BCUT2D eigenvalue weighted by Crippen LogP contribution is 2.34. The minimum atomic E-state index is -4.48. The van der Waals surface area contributed by atoms with Crippen molar-refractivity contribution in [2.75, 3.05) is 6.54 Å². The molecule has 1 heterocycles. The predicted octanol–water partition coefficient (Wildman–Crippen LogP) is 4.94. The first-order valence-electron chi connectivity index (χ1n) is 7.15. The van der Waals surface area contributed by atoms with Crippen LogP contribution < -0.4 is 5.32 Å². The molecule has 0 spiro atoms. The molecule has 1 nitrogen and oxygen atoms in total. The summed E-state index contributed by atoms with van der Waals surface area (Å²) in [6.45, 7) is 0.967. The zero-order valence-corrected chi connectivity index (χ0v) is 11.8. The summed E-state index contributed by atoms with van der Waals surface area (Å²) in [7, 11) is 0. The maximum Gasteiger partial charge on any atom is 0.416 e. The summed E-state index contributed by atoms with van der Waals surface area (Å²) in [6.07, 6.45) is -2.33. The van der Waals surface area contributed by atoms with Crippen molar-refractivity contribution in [3.63, 3.8) is 0 Å². The van der Waals surface area contributed by atoms with E-state index in [-0.39, 0.29) is 11.6 Å². The lowest BCUT2D eigenvalue weighted by molar-refractivity contribution is -0.137. The molecule has 0 bridgehead atoms. The molecule has 116 valence electrons. The molecule has 2 aromatic rings. The summed E-state index contributed by atoms with van der Waals surface area (Å²) in [6, 6.07) is 9.80. The second-order valence-electron chi connectivity index (χ2n) is 5.46. The molecule has 1 atom stereocenters. The van der Waals surface area contributed by atoms with Crippen LogP contribution in [0.2, 0.25) is 0 Å². The van der Waals surface area contributed by atoms with Crippen LogP contribution in [-0.4, -0.2) is 6.54 Å². The number of nitrogens with one attached hydrogen (secondary N) is 1. The van der Waals surface area contributed by atoms with E-state index in [9.17, 15) is 17.6 Å². The van der Waals surface area contributed by atoms with Crippen molar-refractivity contribution in [3.05, 3.63) is 59.4 Å². The van der Waals surface area contributed by atoms with Crippen molar-refractivity contribution in [2.24, 2.45) is 0 Å². The molecule has 22 heavy (non-hydrogen) atoms. The maximum atomic E-state index is 13.9. The molecule has 1 aliphatic heterocycles. The Bertz CT molecular complexity index is 655. The highest BCUT2D eigenvalue weighted by molar-refractivity contribution is 5.65. The van der Waals surface area contributed by atoms with Crippen LogP contribution in [0.25, 0.3) is 11.1 Å². The lowest BCUT2D eigenvalue weighted by atomic mass is 9.98. The van der Waals surface area contributed by atoms with Gasteiger partial charge in [0.1, 0.15) is 5.82 Å². The number of rotatable bonds is 2. The molecule has 1 aliphatic rings. The van der Waals surface area contributed by atoms with Crippen molar-refractivity contribution in [2.45, 2.75) is 25.1 Å². The molecule has 1 saturated heterocycles. The zero-order chi connectivity index (χ0) is 15.7. The Kier molecular flexibility index (Phi) is 3.91. The molecule has 0 aromatic heterocycles. The van der Waals surface area contributed by atoms with E-state index in [2.05, 4.69) is 5.32 Å². The third-order valence-electron chi connectivity index (χ3n) is 3.98. The summed E-state index contributed by atoms with van der Waals surface area (Å²) in [5, 5.41) is 3.35. The average Bonchev–Trinajstić information content (AvgIpc) is 3.01. The highest BCUT2D eigenvalue weighted by Gasteiger charge is 2.31. The quantitative estimate of drug-likeness (QED) is 0.775. The number of alkyl halides is 3. The standard InChI is InChI=1S/C17H15F4N/c18-15-8-7-13(17(19,20)21)10-14(15)11-3-5-12(6-4-11)16-2-1-9-22-16/h3-8,10,16,22H,1-2,9H2. The van der Waals surface area contributed by atoms with Crippen molar-refractivity contribution in [3.8, 4) is 11.1 Å². The Hall–Kier alpha value is -1.88. The Morgan fingerprint density at radius 3 is 2.32 bits per heavy atom. The first-order valence-corrected chi connectivity index (χ1v) is 7.15. The lowest BCUT2D eigenvalue weighted by Gasteiger charge is -2.13. The van der Waals surface area contributed by atoms with Crippen LogP contribution in [-0.2, 0) is 6.18 Å². The smallest absolute Gasteiger partial charge is 0.310 e. The van der Waals surface area contributed by atoms with E-state index in [4.69, 9.17) is 0 Å². The molecule has 1 unspecified atom stereocenters. The zero-order valence-electron chi connectivity index (χ0n) is 11.8. The lowest BCUT2D eigenvalue weighted by Crippen LogP contribution is -2.12. The summed E-state index contributed by atoms with van der Waals surface area (Å²) < 4.78 is 52.1. The van der Waals surface area contributed by atoms with Gasteiger partial charge in [0.05, 0.1) is 5.56 Å². The van der Waals surface area contributed by atoms with Gasteiger partial charge in [-0.25, -0.2) is 4.39 Å². The maximum absolute atomic E-state index is 13.9. The van der Waals surface area contributed by atoms with Crippen LogP contribution in [0.1, 0.15) is 30.0 Å². The van der Waals surface area contributed by atoms with Crippen molar-refractivity contribution in [1.82, 2.24) is 5.32 Å². The molecule has 0 radical (unpaired) electrons. The van der Waals surface area contributed by atoms with Gasteiger partial charge in [-0.15, -0.1) is 0 Å². The third-order valence-corrected chi connectivity index (χ3v) is 3.98. The summed E-state index contributed by atoms with van der Waals surface area (Å²) >= 11 is 0. The van der Waals surface area contributed by atoms with Crippen LogP contribution >= 0.6 is 0 Å². The van der Waals surface area contributed by atoms with Crippen LogP contribution in [0, 0.1) is 5.82 Å². The first-order chi connectivity index (χ1) is 10.4. The van der Waals surface area contributed by atoms with Crippen LogP contribution in [0.3, 0.4) is 0 Å². The number of hydrogen-bond acceptors (Lipinski definition) is 1. The van der Waals surface area contributed by atoms with Gasteiger partial charge in [-0.3, -0.25) is 0 Å². The third kappa shape index (κ3) is 2.99. The van der Waals surface area contributed by atoms with Crippen LogP contribution in [0.15, 0.2) is 42.5 Å². The molecule has 2 aromatic carbocycles. The monoisotopic (exact) mass is 309 g/mol. The largest absolute Gasteiger partial charge is 0.416 e. The van der Waals surface area contributed by atoms with Crippen molar-refractivity contribution >= 4 is 0 Å². The van der Waals surface area contributed by atoms with Gasteiger partial charge in [0.15, 0.2) is 0 Å². The Balaban J connectivity index is 1.93. The fourth-order valence-electron chi connectivity index (χ4n) is 2.79. The average molecular weight is 309 g/mol. The van der Waals surface area contributed by atoms with E-state index in [1.807, 2.05) is 12.1 Å². The van der Waals surface area contributed by atoms with Crippen molar-refractivity contribution < 1.29 is 17.6 Å². The SMILES string of the molecule is Fc1ccc(C(F)(F)F)cc1-c1ccc(C2CCCN2)cc1.